The van der Waals surface area contributed by atoms with E-state index in [9.17, 15) is 4.79 Å². The number of hydrogen-bond acceptors (Lipinski definition) is 2. The number of imidazole rings is 1. The van der Waals surface area contributed by atoms with Crippen LogP contribution in [0.2, 0.25) is 0 Å². The van der Waals surface area contributed by atoms with Crippen molar-refractivity contribution < 1.29 is 4.79 Å². The van der Waals surface area contributed by atoms with Crippen LogP contribution in [0.5, 0.6) is 0 Å². The molecule has 198 valence electrons. The minimum atomic E-state index is -0.332. The molecule has 0 radical (unpaired) electrons. The molecule has 0 aliphatic carbocycles. The summed E-state index contributed by atoms with van der Waals surface area (Å²) in [4.78, 5) is 17.0. The Morgan fingerprint density at radius 3 is 1.91 bits per heavy atom. The van der Waals surface area contributed by atoms with Crippen molar-refractivity contribution in [2.24, 2.45) is 5.41 Å². The molecule has 2 rings (SSSR count). The molecule has 0 saturated carbocycles. The van der Waals surface area contributed by atoms with E-state index < -0.39 is 0 Å². The van der Waals surface area contributed by atoms with Gasteiger partial charge >= 0.3 is 0 Å². The third kappa shape index (κ3) is 11.6. The van der Waals surface area contributed by atoms with Gasteiger partial charge in [-0.15, -0.1) is 0 Å². The largest absolute Gasteiger partial charge is 0.356 e. The standard InChI is InChI=1S/C31H53N3O/c1-5-6-7-8-9-10-11-12-13-14-15-16-17-20-26-34-28-23-19-18-22-27(28)33-29(34)24-21-25-32-30(35)31(2,3)4/h18-19,22-23H,5-17,20-21,24-26H2,1-4H3,(H,32,35). The van der Waals surface area contributed by atoms with Gasteiger partial charge in [0.05, 0.1) is 11.0 Å². The van der Waals surface area contributed by atoms with Crippen molar-refractivity contribution in [3.05, 3.63) is 30.1 Å². The molecular formula is C31H53N3O. The van der Waals surface area contributed by atoms with Gasteiger partial charge in [-0.05, 0) is 25.0 Å². The maximum atomic E-state index is 12.1. The van der Waals surface area contributed by atoms with Gasteiger partial charge in [0.25, 0.3) is 0 Å². The smallest absolute Gasteiger partial charge is 0.225 e. The van der Waals surface area contributed by atoms with Crippen LogP contribution in [-0.4, -0.2) is 22.0 Å². The number of aryl methyl sites for hydroxylation is 2. The molecule has 1 aromatic heterocycles. The molecule has 4 nitrogen and oxygen atoms in total. The van der Waals surface area contributed by atoms with E-state index in [2.05, 4.69) is 41.1 Å². The van der Waals surface area contributed by atoms with E-state index in [1.165, 1.54) is 95.4 Å². The van der Waals surface area contributed by atoms with E-state index in [1.807, 2.05) is 20.8 Å². The van der Waals surface area contributed by atoms with E-state index in [1.54, 1.807) is 0 Å². The fourth-order valence-corrected chi connectivity index (χ4v) is 4.74. The Morgan fingerprint density at radius 2 is 1.34 bits per heavy atom. The maximum absolute atomic E-state index is 12.1. The summed E-state index contributed by atoms with van der Waals surface area (Å²) < 4.78 is 2.42. The zero-order valence-electron chi connectivity index (χ0n) is 23.3. The highest BCUT2D eigenvalue weighted by Gasteiger charge is 2.20. The molecule has 0 fully saturated rings. The number of carbonyl (C=O) groups is 1. The number of amides is 1. The molecule has 1 amide bonds. The Bertz CT molecular complexity index is 833. The number of hydrogen-bond donors (Lipinski definition) is 1. The molecule has 0 saturated heterocycles. The second-order valence-electron chi connectivity index (χ2n) is 11.4. The molecule has 0 bridgehead atoms. The Morgan fingerprint density at radius 1 is 0.800 bits per heavy atom. The first-order valence-corrected chi connectivity index (χ1v) is 14.7. The predicted octanol–water partition coefficient (Wildman–Crippen LogP) is 8.61. The zero-order chi connectivity index (χ0) is 25.4. The summed E-state index contributed by atoms with van der Waals surface area (Å²) in [6.07, 6.45) is 21.2. The monoisotopic (exact) mass is 483 g/mol. The number of carbonyl (C=O) groups excluding carboxylic acids is 1. The summed E-state index contributed by atoms with van der Waals surface area (Å²) in [7, 11) is 0. The second-order valence-corrected chi connectivity index (χ2v) is 11.4. The highest BCUT2D eigenvalue weighted by molar-refractivity contribution is 5.81. The van der Waals surface area contributed by atoms with Crippen molar-refractivity contribution in [2.45, 2.75) is 137 Å². The number of nitrogens with zero attached hydrogens (tertiary/aromatic N) is 2. The van der Waals surface area contributed by atoms with Gasteiger partial charge in [-0.1, -0.05) is 123 Å². The maximum Gasteiger partial charge on any atom is 0.225 e. The Hall–Kier alpha value is -1.84. The third-order valence-electron chi connectivity index (χ3n) is 7.01. The SMILES string of the molecule is CCCCCCCCCCCCCCCCn1c(CCCNC(=O)C(C)(C)C)nc2ccccc21. The van der Waals surface area contributed by atoms with Crippen LogP contribution in [0.4, 0.5) is 0 Å². The number of benzene rings is 1. The molecule has 1 heterocycles. The van der Waals surface area contributed by atoms with Crippen LogP contribution < -0.4 is 5.32 Å². The molecule has 2 aromatic rings. The average Bonchev–Trinajstić information content (AvgIpc) is 3.18. The molecule has 4 heteroatoms. The van der Waals surface area contributed by atoms with Crippen molar-refractivity contribution in [2.75, 3.05) is 6.54 Å². The van der Waals surface area contributed by atoms with Crippen LogP contribution in [0, 0.1) is 5.41 Å². The van der Waals surface area contributed by atoms with Crippen LogP contribution >= 0.6 is 0 Å². The lowest BCUT2D eigenvalue weighted by Gasteiger charge is -2.17. The van der Waals surface area contributed by atoms with Crippen molar-refractivity contribution in [3.8, 4) is 0 Å². The van der Waals surface area contributed by atoms with Gasteiger partial charge in [-0.25, -0.2) is 4.98 Å². The summed E-state index contributed by atoms with van der Waals surface area (Å²) in [6.45, 7) is 9.91. The number of nitrogens with one attached hydrogen (secondary N) is 1. The summed E-state index contributed by atoms with van der Waals surface area (Å²) in [6, 6.07) is 8.48. The first-order chi connectivity index (χ1) is 16.9. The topological polar surface area (TPSA) is 46.9 Å². The van der Waals surface area contributed by atoms with E-state index >= 15 is 0 Å². The normalized spacial score (nSPS) is 11.9. The zero-order valence-corrected chi connectivity index (χ0v) is 23.3. The fourth-order valence-electron chi connectivity index (χ4n) is 4.74. The highest BCUT2D eigenvalue weighted by atomic mass is 16.2. The van der Waals surface area contributed by atoms with Crippen molar-refractivity contribution >= 4 is 16.9 Å². The van der Waals surface area contributed by atoms with Gasteiger partial charge in [0.15, 0.2) is 0 Å². The van der Waals surface area contributed by atoms with Crippen molar-refractivity contribution in [1.82, 2.24) is 14.9 Å². The molecule has 0 aliphatic heterocycles. The summed E-state index contributed by atoms with van der Waals surface area (Å²) >= 11 is 0. The Balaban J connectivity index is 1.63. The number of fused-ring (bicyclic) bond motifs is 1. The lowest BCUT2D eigenvalue weighted by molar-refractivity contribution is -0.128. The quantitative estimate of drug-likeness (QED) is 0.203. The minimum absolute atomic E-state index is 0.119. The first kappa shape index (κ1) is 29.4. The van der Waals surface area contributed by atoms with Crippen LogP contribution in [0.3, 0.4) is 0 Å². The highest BCUT2D eigenvalue weighted by Crippen LogP contribution is 2.19. The Kier molecular flexibility index (Phi) is 14.1. The van der Waals surface area contributed by atoms with Gasteiger partial charge in [-0.3, -0.25) is 4.79 Å². The van der Waals surface area contributed by atoms with E-state index in [0.717, 1.165) is 30.7 Å². The molecule has 1 aromatic carbocycles. The summed E-state index contributed by atoms with van der Waals surface area (Å²) in [5, 5.41) is 3.07. The predicted molar refractivity (Wildman–Crippen MR) is 151 cm³/mol. The second kappa shape index (κ2) is 16.8. The van der Waals surface area contributed by atoms with E-state index in [-0.39, 0.29) is 11.3 Å². The van der Waals surface area contributed by atoms with E-state index in [4.69, 9.17) is 4.98 Å². The van der Waals surface area contributed by atoms with E-state index in [0.29, 0.717) is 6.54 Å². The van der Waals surface area contributed by atoms with Gasteiger partial charge in [-0.2, -0.15) is 0 Å². The molecular weight excluding hydrogens is 430 g/mol. The summed E-state index contributed by atoms with van der Waals surface area (Å²) in [5.74, 6) is 1.28. The molecule has 0 unspecified atom stereocenters. The van der Waals surface area contributed by atoms with Crippen molar-refractivity contribution in [3.63, 3.8) is 0 Å². The lowest BCUT2D eigenvalue weighted by atomic mass is 9.96. The number of para-hydroxylation sites is 2. The van der Waals surface area contributed by atoms with Gasteiger partial charge in [0.1, 0.15) is 5.82 Å². The van der Waals surface area contributed by atoms with Gasteiger partial charge < -0.3 is 9.88 Å². The number of aromatic nitrogens is 2. The van der Waals surface area contributed by atoms with Crippen LogP contribution in [0.15, 0.2) is 24.3 Å². The summed E-state index contributed by atoms with van der Waals surface area (Å²) in [5.41, 5.74) is 2.00. The first-order valence-electron chi connectivity index (χ1n) is 14.7. The Labute approximate surface area is 215 Å². The molecule has 35 heavy (non-hydrogen) atoms. The molecule has 0 spiro atoms. The molecule has 0 aliphatic rings. The van der Waals surface area contributed by atoms with Crippen LogP contribution in [0.1, 0.15) is 130 Å². The average molecular weight is 484 g/mol. The van der Waals surface area contributed by atoms with Crippen molar-refractivity contribution in [1.29, 1.82) is 0 Å². The third-order valence-corrected chi connectivity index (χ3v) is 7.01. The number of rotatable bonds is 19. The lowest BCUT2D eigenvalue weighted by Crippen LogP contribution is -2.35. The number of unbranched alkanes of at least 4 members (excludes halogenated alkanes) is 13. The fraction of sp³-hybridized carbons (Fsp3) is 0.742. The van der Waals surface area contributed by atoms with Gasteiger partial charge in [0.2, 0.25) is 5.91 Å². The molecule has 1 N–H and O–H groups in total. The minimum Gasteiger partial charge on any atom is -0.356 e. The van der Waals surface area contributed by atoms with Crippen LogP contribution in [-0.2, 0) is 17.8 Å². The van der Waals surface area contributed by atoms with Gasteiger partial charge in [0, 0.05) is 24.9 Å². The molecule has 0 atom stereocenters. The van der Waals surface area contributed by atoms with Crippen LogP contribution in [0.25, 0.3) is 11.0 Å².